The van der Waals surface area contributed by atoms with Crippen LogP contribution in [0.1, 0.15) is 11.1 Å². The van der Waals surface area contributed by atoms with E-state index in [1.165, 1.54) is 0 Å². The molecule has 64 valence electrons. The van der Waals surface area contributed by atoms with Crippen molar-refractivity contribution in [3.8, 4) is 0 Å². The Labute approximate surface area is 66.6 Å². The lowest BCUT2D eigenvalue weighted by Gasteiger charge is -1.97. The summed E-state index contributed by atoms with van der Waals surface area (Å²) in [5, 5.41) is 8.72. The minimum atomic E-state index is 0. The van der Waals surface area contributed by atoms with Gasteiger partial charge in [-0.25, -0.2) is 0 Å². The summed E-state index contributed by atoms with van der Waals surface area (Å²) in [5.41, 5.74) is 2.16. The second-order valence-corrected chi connectivity index (χ2v) is 2.08. The number of aryl methyl sites for hydroxylation is 1. The first-order chi connectivity index (χ1) is 4.34. The standard InChI is InChI=1S/C8H10O.H3N.H2O/c1-7-4-2-3-5-8(7)6-9;;/h2-5,9H,6H2,1H3;1H3;1H2. The Morgan fingerprint density at radius 2 is 1.82 bits per heavy atom. The van der Waals surface area contributed by atoms with Crippen molar-refractivity contribution in [2.75, 3.05) is 0 Å². The molecule has 0 amide bonds. The molecule has 0 radical (unpaired) electrons. The quantitative estimate of drug-likeness (QED) is 0.632. The van der Waals surface area contributed by atoms with Crippen molar-refractivity contribution in [1.29, 1.82) is 0 Å². The summed E-state index contributed by atoms with van der Waals surface area (Å²) in [5.74, 6) is 0. The van der Waals surface area contributed by atoms with Crippen LogP contribution >= 0.6 is 0 Å². The van der Waals surface area contributed by atoms with Gasteiger partial charge in [-0.1, -0.05) is 24.3 Å². The van der Waals surface area contributed by atoms with E-state index in [4.69, 9.17) is 5.11 Å². The van der Waals surface area contributed by atoms with E-state index in [1.807, 2.05) is 31.2 Å². The fraction of sp³-hybridized carbons (Fsp3) is 0.250. The molecule has 3 nitrogen and oxygen atoms in total. The number of rotatable bonds is 1. The Kier molecular flexibility index (Phi) is 6.78. The molecule has 0 atom stereocenters. The largest absolute Gasteiger partial charge is 0.412 e. The third-order valence-electron chi connectivity index (χ3n) is 1.43. The highest BCUT2D eigenvalue weighted by Crippen LogP contribution is 2.05. The predicted molar refractivity (Wildman–Crippen MR) is 45.7 cm³/mol. The van der Waals surface area contributed by atoms with E-state index < -0.39 is 0 Å². The molecule has 11 heavy (non-hydrogen) atoms. The first kappa shape index (κ1) is 12.7. The third-order valence-corrected chi connectivity index (χ3v) is 1.43. The summed E-state index contributed by atoms with van der Waals surface area (Å²) in [6.07, 6.45) is 0. The summed E-state index contributed by atoms with van der Waals surface area (Å²) in [4.78, 5) is 0. The monoisotopic (exact) mass is 157 g/mol. The maximum Gasteiger partial charge on any atom is 0.0684 e. The van der Waals surface area contributed by atoms with Crippen LogP contribution in [-0.2, 0) is 6.61 Å². The Bertz CT molecular complexity index is 201. The molecule has 0 unspecified atom stereocenters. The van der Waals surface area contributed by atoms with E-state index in [0.717, 1.165) is 11.1 Å². The zero-order chi connectivity index (χ0) is 6.69. The number of aliphatic hydroxyl groups is 1. The minimum absolute atomic E-state index is 0. The molecule has 0 aliphatic rings. The lowest BCUT2D eigenvalue weighted by Crippen LogP contribution is -1.85. The van der Waals surface area contributed by atoms with E-state index in [-0.39, 0.29) is 18.2 Å². The predicted octanol–water partition coefficient (Wildman–Crippen LogP) is 0.825. The maximum atomic E-state index is 8.72. The van der Waals surface area contributed by atoms with Gasteiger partial charge < -0.3 is 16.7 Å². The second-order valence-electron chi connectivity index (χ2n) is 2.08. The molecule has 1 rings (SSSR count). The van der Waals surface area contributed by atoms with Gasteiger partial charge in [-0.05, 0) is 18.1 Å². The number of hydrogen-bond donors (Lipinski definition) is 2. The Morgan fingerprint density at radius 3 is 2.18 bits per heavy atom. The second kappa shape index (κ2) is 5.85. The summed E-state index contributed by atoms with van der Waals surface area (Å²) < 4.78 is 0. The molecule has 0 aliphatic heterocycles. The lowest BCUT2D eigenvalue weighted by atomic mass is 10.1. The van der Waals surface area contributed by atoms with Gasteiger partial charge in [0.05, 0.1) is 6.61 Å². The smallest absolute Gasteiger partial charge is 0.0684 e. The Hall–Kier alpha value is -0.900. The fourth-order valence-electron chi connectivity index (χ4n) is 0.787. The van der Waals surface area contributed by atoms with Crippen LogP contribution in [0.5, 0.6) is 0 Å². The van der Waals surface area contributed by atoms with Crippen LogP contribution in [0.4, 0.5) is 0 Å². The van der Waals surface area contributed by atoms with Gasteiger partial charge in [-0.15, -0.1) is 0 Å². The first-order valence-electron chi connectivity index (χ1n) is 3.00. The summed E-state index contributed by atoms with van der Waals surface area (Å²) in [6, 6.07) is 7.81. The molecule has 0 bridgehead atoms. The van der Waals surface area contributed by atoms with E-state index in [2.05, 4.69) is 0 Å². The minimum Gasteiger partial charge on any atom is -0.412 e. The van der Waals surface area contributed by atoms with Crippen LogP contribution in [0, 0.1) is 6.92 Å². The van der Waals surface area contributed by atoms with Crippen molar-refractivity contribution < 1.29 is 10.6 Å². The van der Waals surface area contributed by atoms with Gasteiger partial charge >= 0.3 is 0 Å². The van der Waals surface area contributed by atoms with Crippen LogP contribution in [0.15, 0.2) is 24.3 Å². The number of aliphatic hydroxyl groups excluding tert-OH is 1. The van der Waals surface area contributed by atoms with Crippen molar-refractivity contribution in [3.63, 3.8) is 0 Å². The first-order valence-corrected chi connectivity index (χ1v) is 3.00. The molecular weight excluding hydrogens is 142 g/mol. The topological polar surface area (TPSA) is 86.7 Å². The van der Waals surface area contributed by atoms with Crippen molar-refractivity contribution in [3.05, 3.63) is 35.4 Å². The van der Waals surface area contributed by atoms with Gasteiger partial charge in [0.1, 0.15) is 0 Å². The van der Waals surface area contributed by atoms with Crippen molar-refractivity contribution in [1.82, 2.24) is 6.15 Å². The van der Waals surface area contributed by atoms with Crippen molar-refractivity contribution >= 4 is 0 Å². The highest BCUT2D eigenvalue weighted by atomic mass is 16.3. The van der Waals surface area contributed by atoms with E-state index >= 15 is 0 Å². The zero-order valence-corrected chi connectivity index (χ0v) is 6.67. The van der Waals surface area contributed by atoms with E-state index in [1.54, 1.807) is 0 Å². The highest BCUT2D eigenvalue weighted by molar-refractivity contribution is 5.24. The van der Waals surface area contributed by atoms with Crippen molar-refractivity contribution in [2.45, 2.75) is 13.5 Å². The SMILES string of the molecule is Cc1ccccc1CO.N.O. The molecule has 1 aromatic rings. The van der Waals surface area contributed by atoms with Crippen LogP contribution in [0.25, 0.3) is 0 Å². The molecule has 1 aromatic carbocycles. The Morgan fingerprint density at radius 1 is 1.27 bits per heavy atom. The molecule has 6 N–H and O–H groups in total. The summed E-state index contributed by atoms with van der Waals surface area (Å²) in [6.45, 7) is 2.14. The highest BCUT2D eigenvalue weighted by Gasteiger charge is 1.90. The van der Waals surface area contributed by atoms with Crippen LogP contribution in [0.3, 0.4) is 0 Å². The van der Waals surface area contributed by atoms with Gasteiger partial charge in [0.2, 0.25) is 0 Å². The average molecular weight is 157 g/mol. The molecule has 0 aliphatic carbocycles. The molecule has 0 fully saturated rings. The zero-order valence-electron chi connectivity index (χ0n) is 6.67. The number of benzene rings is 1. The number of hydrogen-bond acceptors (Lipinski definition) is 2. The van der Waals surface area contributed by atoms with Gasteiger partial charge in [0.25, 0.3) is 0 Å². The Balaban J connectivity index is 0. The molecule has 0 saturated carbocycles. The van der Waals surface area contributed by atoms with Crippen molar-refractivity contribution in [2.24, 2.45) is 0 Å². The lowest BCUT2D eigenvalue weighted by molar-refractivity contribution is 0.281. The van der Waals surface area contributed by atoms with Crippen LogP contribution < -0.4 is 6.15 Å². The van der Waals surface area contributed by atoms with Gasteiger partial charge in [0, 0.05) is 0 Å². The summed E-state index contributed by atoms with van der Waals surface area (Å²) >= 11 is 0. The van der Waals surface area contributed by atoms with Gasteiger partial charge in [-0.3, -0.25) is 0 Å². The molecule has 0 saturated heterocycles. The molecular formula is C8H15NO2. The normalized spacial score (nSPS) is 7.82. The molecule has 3 heteroatoms. The van der Waals surface area contributed by atoms with Crippen LogP contribution in [-0.4, -0.2) is 10.6 Å². The molecule has 0 aromatic heterocycles. The maximum absolute atomic E-state index is 8.72. The van der Waals surface area contributed by atoms with E-state index in [9.17, 15) is 0 Å². The third kappa shape index (κ3) is 3.13. The fourth-order valence-corrected chi connectivity index (χ4v) is 0.787. The van der Waals surface area contributed by atoms with E-state index in [0.29, 0.717) is 0 Å². The van der Waals surface area contributed by atoms with Crippen LogP contribution in [0.2, 0.25) is 0 Å². The summed E-state index contributed by atoms with van der Waals surface area (Å²) in [7, 11) is 0. The van der Waals surface area contributed by atoms with Gasteiger partial charge in [0.15, 0.2) is 0 Å². The molecule has 0 heterocycles. The molecule has 0 spiro atoms. The van der Waals surface area contributed by atoms with Gasteiger partial charge in [-0.2, -0.15) is 0 Å². The average Bonchev–Trinajstić information content (AvgIpc) is 1.89.